The Bertz CT molecular complexity index is 511. The lowest BCUT2D eigenvalue weighted by atomic mass is 10.1. The molecule has 4 nitrogen and oxygen atoms in total. The van der Waals surface area contributed by atoms with Gasteiger partial charge in [0, 0.05) is 32.0 Å². The topological polar surface area (TPSA) is 47.0 Å². The van der Waals surface area contributed by atoms with E-state index in [1.54, 1.807) is 13.3 Å². The first-order valence-corrected chi connectivity index (χ1v) is 6.38. The van der Waals surface area contributed by atoms with Crippen LogP contribution in [0.1, 0.15) is 11.3 Å². The number of hydrogen-bond acceptors (Lipinski definition) is 4. The first-order chi connectivity index (χ1) is 9.29. The second-order valence-corrected chi connectivity index (χ2v) is 4.41. The Balaban J connectivity index is 2.04. The van der Waals surface area contributed by atoms with Gasteiger partial charge in [-0.1, -0.05) is 29.8 Å². The zero-order valence-corrected chi connectivity index (χ0v) is 11.4. The maximum atomic E-state index is 4.99. The Morgan fingerprint density at radius 1 is 1.16 bits per heavy atom. The standard InChI is InChI=1S/C15H19N3O/c1-12-3-5-13(6-4-12)15-17-8-7-14(18-15)11-16-9-10-19-2/h3-8,16H,9-11H2,1-2H3. The van der Waals surface area contributed by atoms with Crippen molar-refractivity contribution >= 4 is 0 Å². The van der Waals surface area contributed by atoms with Gasteiger partial charge < -0.3 is 10.1 Å². The molecule has 0 aliphatic heterocycles. The van der Waals surface area contributed by atoms with Crippen LogP contribution in [0.3, 0.4) is 0 Å². The van der Waals surface area contributed by atoms with Crippen LogP contribution in [0.2, 0.25) is 0 Å². The van der Waals surface area contributed by atoms with Gasteiger partial charge in [0.05, 0.1) is 12.3 Å². The Kier molecular flexibility index (Phi) is 5.01. The van der Waals surface area contributed by atoms with Crippen LogP contribution in [0.5, 0.6) is 0 Å². The van der Waals surface area contributed by atoms with Crippen molar-refractivity contribution in [1.29, 1.82) is 0 Å². The summed E-state index contributed by atoms with van der Waals surface area (Å²) in [5.41, 5.74) is 3.27. The number of hydrogen-bond donors (Lipinski definition) is 1. The quantitative estimate of drug-likeness (QED) is 0.806. The molecule has 4 heteroatoms. The lowest BCUT2D eigenvalue weighted by Crippen LogP contribution is -2.19. The SMILES string of the molecule is COCCNCc1ccnc(-c2ccc(C)cc2)n1. The van der Waals surface area contributed by atoms with Gasteiger partial charge in [0.2, 0.25) is 0 Å². The van der Waals surface area contributed by atoms with E-state index in [0.717, 1.165) is 30.2 Å². The molecule has 2 aromatic rings. The van der Waals surface area contributed by atoms with Crippen LogP contribution in [0.4, 0.5) is 0 Å². The molecular weight excluding hydrogens is 238 g/mol. The molecule has 1 N–H and O–H groups in total. The maximum absolute atomic E-state index is 4.99. The highest BCUT2D eigenvalue weighted by Gasteiger charge is 2.02. The summed E-state index contributed by atoms with van der Waals surface area (Å²) in [6, 6.07) is 10.2. The monoisotopic (exact) mass is 257 g/mol. The average Bonchev–Trinajstić information content (AvgIpc) is 2.45. The second-order valence-electron chi connectivity index (χ2n) is 4.41. The number of benzene rings is 1. The molecule has 1 aromatic carbocycles. The molecule has 0 spiro atoms. The van der Waals surface area contributed by atoms with Gasteiger partial charge in [-0.25, -0.2) is 9.97 Å². The number of nitrogens with zero attached hydrogens (tertiary/aromatic N) is 2. The number of rotatable bonds is 6. The summed E-state index contributed by atoms with van der Waals surface area (Å²) >= 11 is 0. The highest BCUT2D eigenvalue weighted by Crippen LogP contribution is 2.15. The summed E-state index contributed by atoms with van der Waals surface area (Å²) in [5.74, 6) is 0.769. The van der Waals surface area contributed by atoms with E-state index in [1.807, 2.05) is 18.2 Å². The summed E-state index contributed by atoms with van der Waals surface area (Å²) < 4.78 is 4.99. The molecule has 0 atom stereocenters. The van der Waals surface area contributed by atoms with E-state index in [9.17, 15) is 0 Å². The van der Waals surface area contributed by atoms with E-state index in [-0.39, 0.29) is 0 Å². The highest BCUT2D eigenvalue weighted by molar-refractivity contribution is 5.55. The predicted octanol–water partition coefficient (Wildman–Crippen LogP) is 2.19. The van der Waals surface area contributed by atoms with Crippen molar-refractivity contribution in [3.8, 4) is 11.4 Å². The van der Waals surface area contributed by atoms with Crippen molar-refractivity contribution in [2.75, 3.05) is 20.3 Å². The Morgan fingerprint density at radius 2 is 1.95 bits per heavy atom. The minimum absolute atomic E-state index is 0.704. The van der Waals surface area contributed by atoms with E-state index in [1.165, 1.54) is 5.56 Å². The van der Waals surface area contributed by atoms with Crippen LogP contribution in [0.15, 0.2) is 36.5 Å². The van der Waals surface area contributed by atoms with Gasteiger partial charge in [-0.2, -0.15) is 0 Å². The molecule has 0 aliphatic rings. The molecular formula is C15H19N3O. The summed E-state index contributed by atoms with van der Waals surface area (Å²) in [6.07, 6.45) is 1.80. The largest absolute Gasteiger partial charge is 0.383 e. The molecule has 0 saturated heterocycles. The molecule has 0 fully saturated rings. The van der Waals surface area contributed by atoms with Crippen molar-refractivity contribution < 1.29 is 4.74 Å². The molecule has 1 aromatic heterocycles. The summed E-state index contributed by atoms with van der Waals surface area (Å²) in [4.78, 5) is 8.88. The van der Waals surface area contributed by atoms with Crippen LogP contribution in [0, 0.1) is 6.92 Å². The molecule has 0 unspecified atom stereocenters. The first-order valence-electron chi connectivity index (χ1n) is 6.38. The molecule has 19 heavy (non-hydrogen) atoms. The van der Waals surface area contributed by atoms with Crippen molar-refractivity contribution in [3.05, 3.63) is 47.8 Å². The molecule has 100 valence electrons. The van der Waals surface area contributed by atoms with Crippen molar-refractivity contribution in [3.63, 3.8) is 0 Å². The molecule has 1 heterocycles. The first kappa shape index (κ1) is 13.6. The van der Waals surface area contributed by atoms with Crippen molar-refractivity contribution in [2.45, 2.75) is 13.5 Å². The number of methoxy groups -OCH3 is 1. The zero-order chi connectivity index (χ0) is 13.5. The van der Waals surface area contributed by atoms with Gasteiger partial charge in [-0.05, 0) is 13.0 Å². The van der Waals surface area contributed by atoms with Gasteiger partial charge in [-0.15, -0.1) is 0 Å². The molecule has 0 aliphatic carbocycles. The third-order valence-corrected chi connectivity index (χ3v) is 2.81. The second kappa shape index (κ2) is 6.97. The van der Waals surface area contributed by atoms with Crippen LogP contribution in [-0.4, -0.2) is 30.2 Å². The summed E-state index contributed by atoms with van der Waals surface area (Å²) in [5, 5.41) is 3.28. The lowest BCUT2D eigenvalue weighted by molar-refractivity contribution is 0.199. The number of aromatic nitrogens is 2. The fourth-order valence-corrected chi connectivity index (χ4v) is 1.73. The Labute approximate surface area is 113 Å². The lowest BCUT2D eigenvalue weighted by Gasteiger charge is -2.05. The zero-order valence-electron chi connectivity index (χ0n) is 11.4. The van der Waals surface area contributed by atoms with E-state index >= 15 is 0 Å². The van der Waals surface area contributed by atoms with Gasteiger partial charge >= 0.3 is 0 Å². The number of nitrogens with one attached hydrogen (secondary N) is 1. The third-order valence-electron chi connectivity index (χ3n) is 2.81. The minimum atomic E-state index is 0.704. The van der Waals surface area contributed by atoms with E-state index < -0.39 is 0 Å². The molecule has 2 rings (SSSR count). The molecule has 0 radical (unpaired) electrons. The van der Waals surface area contributed by atoms with Crippen LogP contribution in [-0.2, 0) is 11.3 Å². The van der Waals surface area contributed by atoms with Crippen molar-refractivity contribution in [1.82, 2.24) is 15.3 Å². The Morgan fingerprint density at radius 3 is 2.68 bits per heavy atom. The van der Waals surface area contributed by atoms with Gasteiger partial charge in [0.15, 0.2) is 5.82 Å². The molecule has 0 amide bonds. The normalized spacial score (nSPS) is 10.6. The summed E-state index contributed by atoms with van der Waals surface area (Å²) in [6.45, 7) is 4.32. The molecule has 0 saturated carbocycles. The molecule has 0 bridgehead atoms. The fraction of sp³-hybridized carbons (Fsp3) is 0.333. The van der Waals surface area contributed by atoms with Gasteiger partial charge in [0.25, 0.3) is 0 Å². The smallest absolute Gasteiger partial charge is 0.159 e. The Hall–Kier alpha value is -1.78. The fourth-order valence-electron chi connectivity index (χ4n) is 1.73. The van der Waals surface area contributed by atoms with E-state index in [0.29, 0.717) is 6.61 Å². The average molecular weight is 257 g/mol. The summed E-state index contributed by atoms with van der Waals surface area (Å²) in [7, 11) is 1.70. The van der Waals surface area contributed by atoms with E-state index in [4.69, 9.17) is 4.74 Å². The predicted molar refractivity (Wildman–Crippen MR) is 75.8 cm³/mol. The van der Waals surface area contributed by atoms with E-state index in [2.05, 4.69) is 34.3 Å². The van der Waals surface area contributed by atoms with Crippen LogP contribution >= 0.6 is 0 Å². The van der Waals surface area contributed by atoms with Crippen molar-refractivity contribution in [2.24, 2.45) is 0 Å². The van der Waals surface area contributed by atoms with Crippen LogP contribution < -0.4 is 5.32 Å². The van der Waals surface area contributed by atoms with Gasteiger partial charge in [-0.3, -0.25) is 0 Å². The van der Waals surface area contributed by atoms with Gasteiger partial charge in [0.1, 0.15) is 0 Å². The highest BCUT2D eigenvalue weighted by atomic mass is 16.5. The maximum Gasteiger partial charge on any atom is 0.159 e. The minimum Gasteiger partial charge on any atom is -0.383 e. The van der Waals surface area contributed by atoms with Crippen LogP contribution in [0.25, 0.3) is 11.4 Å². The number of aryl methyl sites for hydroxylation is 1. The number of ether oxygens (including phenoxy) is 1. The third kappa shape index (κ3) is 4.12.